The Kier molecular flexibility index (Phi) is 4.90. The van der Waals surface area contributed by atoms with Gasteiger partial charge in [0.05, 0.1) is 12.6 Å². The monoisotopic (exact) mass is 238 g/mol. The minimum absolute atomic E-state index is 0.0675. The molecule has 2 N–H and O–H groups in total. The van der Waals surface area contributed by atoms with E-state index in [4.69, 9.17) is 0 Å². The van der Waals surface area contributed by atoms with E-state index in [1.54, 1.807) is 24.5 Å². The number of rotatable bonds is 5. The van der Waals surface area contributed by atoms with Gasteiger partial charge in [-0.1, -0.05) is 13.8 Å². The van der Waals surface area contributed by atoms with Gasteiger partial charge in [0.15, 0.2) is 0 Å². The molecule has 1 atom stereocenters. The molecule has 1 heterocycles. The number of hydrogen-bond donors (Lipinski definition) is 2. The first-order valence-electron chi connectivity index (χ1n) is 5.55. The third-order valence-corrected chi connectivity index (χ3v) is 2.70. The second-order valence-electron chi connectivity index (χ2n) is 4.26. The number of aliphatic hydroxyl groups excluding tert-OH is 1. The first-order valence-corrected chi connectivity index (χ1v) is 5.55. The van der Waals surface area contributed by atoms with Gasteiger partial charge in [-0.3, -0.25) is 9.88 Å². The summed E-state index contributed by atoms with van der Waals surface area (Å²) in [6.07, 6.45) is 2.23. The van der Waals surface area contributed by atoms with E-state index in [2.05, 4.69) is 4.98 Å². The second-order valence-corrected chi connectivity index (χ2v) is 4.26. The van der Waals surface area contributed by atoms with Gasteiger partial charge in [-0.25, -0.2) is 4.79 Å². The Balaban J connectivity index is 2.83. The van der Waals surface area contributed by atoms with Crippen LogP contribution in [0.3, 0.4) is 0 Å². The molecule has 1 aromatic rings. The molecule has 0 spiro atoms. The van der Waals surface area contributed by atoms with E-state index in [-0.39, 0.29) is 25.1 Å². The fourth-order valence-corrected chi connectivity index (χ4v) is 1.68. The summed E-state index contributed by atoms with van der Waals surface area (Å²) in [5.41, 5.74) is 0.863. The van der Waals surface area contributed by atoms with Gasteiger partial charge >= 0.3 is 6.09 Å². The SMILES string of the molecule is CC(C)[C@H](CO)N(Cc1ccncc1)C(=O)O. The van der Waals surface area contributed by atoms with Gasteiger partial charge in [-0.05, 0) is 23.6 Å². The summed E-state index contributed by atoms with van der Waals surface area (Å²) in [7, 11) is 0. The van der Waals surface area contributed by atoms with Gasteiger partial charge in [0.25, 0.3) is 0 Å². The van der Waals surface area contributed by atoms with Crippen molar-refractivity contribution in [3.8, 4) is 0 Å². The van der Waals surface area contributed by atoms with Crippen LogP contribution in [0.4, 0.5) is 4.79 Å². The summed E-state index contributed by atoms with van der Waals surface area (Å²) in [6, 6.07) is 3.15. The van der Waals surface area contributed by atoms with Crippen LogP contribution in [-0.2, 0) is 6.54 Å². The molecule has 0 unspecified atom stereocenters. The van der Waals surface area contributed by atoms with Crippen molar-refractivity contribution in [2.75, 3.05) is 6.61 Å². The molecular formula is C12H18N2O3. The molecule has 0 aliphatic heterocycles. The fraction of sp³-hybridized carbons (Fsp3) is 0.500. The molecular weight excluding hydrogens is 220 g/mol. The molecule has 1 aromatic heterocycles. The number of hydrogen-bond acceptors (Lipinski definition) is 3. The summed E-state index contributed by atoms with van der Waals surface area (Å²) in [5.74, 6) is 0.0675. The van der Waals surface area contributed by atoms with Crippen molar-refractivity contribution in [2.45, 2.75) is 26.4 Å². The van der Waals surface area contributed by atoms with Crippen LogP contribution in [0, 0.1) is 5.92 Å². The number of carbonyl (C=O) groups is 1. The third kappa shape index (κ3) is 3.71. The van der Waals surface area contributed by atoms with Crippen LogP contribution in [0.25, 0.3) is 0 Å². The largest absolute Gasteiger partial charge is 0.465 e. The Labute approximate surface area is 101 Å². The summed E-state index contributed by atoms with van der Waals surface area (Å²) >= 11 is 0. The molecule has 5 nitrogen and oxygen atoms in total. The first-order chi connectivity index (χ1) is 8.06. The minimum atomic E-state index is -1.02. The zero-order valence-corrected chi connectivity index (χ0v) is 10.1. The Morgan fingerprint density at radius 3 is 2.41 bits per heavy atom. The normalized spacial score (nSPS) is 12.5. The Morgan fingerprint density at radius 2 is 2.00 bits per heavy atom. The lowest BCUT2D eigenvalue weighted by atomic mass is 10.0. The van der Waals surface area contributed by atoms with Gasteiger partial charge < -0.3 is 10.2 Å². The highest BCUT2D eigenvalue weighted by Gasteiger charge is 2.25. The first kappa shape index (κ1) is 13.4. The van der Waals surface area contributed by atoms with Crippen LogP contribution in [0.2, 0.25) is 0 Å². The molecule has 17 heavy (non-hydrogen) atoms. The smallest absolute Gasteiger partial charge is 0.407 e. The lowest BCUT2D eigenvalue weighted by Gasteiger charge is -2.30. The van der Waals surface area contributed by atoms with E-state index < -0.39 is 6.09 Å². The number of carboxylic acid groups (broad SMARTS) is 1. The van der Waals surface area contributed by atoms with Crippen molar-refractivity contribution in [1.82, 2.24) is 9.88 Å². The molecule has 0 saturated carbocycles. The highest BCUT2D eigenvalue weighted by atomic mass is 16.4. The van der Waals surface area contributed by atoms with Crippen molar-refractivity contribution in [3.63, 3.8) is 0 Å². The maximum atomic E-state index is 11.2. The average molecular weight is 238 g/mol. The van der Waals surface area contributed by atoms with Crippen molar-refractivity contribution in [1.29, 1.82) is 0 Å². The lowest BCUT2D eigenvalue weighted by molar-refractivity contribution is 0.0739. The molecule has 0 aliphatic carbocycles. The van der Waals surface area contributed by atoms with Gasteiger partial charge in [0, 0.05) is 18.9 Å². The zero-order chi connectivity index (χ0) is 12.8. The molecule has 0 aliphatic rings. The van der Waals surface area contributed by atoms with E-state index in [0.717, 1.165) is 5.56 Å². The number of amides is 1. The predicted molar refractivity (Wildman–Crippen MR) is 63.5 cm³/mol. The van der Waals surface area contributed by atoms with E-state index in [0.29, 0.717) is 0 Å². The van der Waals surface area contributed by atoms with Gasteiger partial charge in [-0.15, -0.1) is 0 Å². The maximum absolute atomic E-state index is 11.2. The molecule has 0 bridgehead atoms. The summed E-state index contributed by atoms with van der Waals surface area (Å²) in [6.45, 7) is 3.88. The van der Waals surface area contributed by atoms with Crippen molar-refractivity contribution < 1.29 is 15.0 Å². The van der Waals surface area contributed by atoms with E-state index in [1.165, 1.54) is 4.90 Å². The van der Waals surface area contributed by atoms with Gasteiger partial charge in [0.2, 0.25) is 0 Å². The van der Waals surface area contributed by atoms with Crippen LogP contribution in [0.15, 0.2) is 24.5 Å². The van der Waals surface area contributed by atoms with E-state index >= 15 is 0 Å². The Bertz CT molecular complexity index is 354. The van der Waals surface area contributed by atoms with Crippen molar-refractivity contribution in [2.24, 2.45) is 5.92 Å². The molecule has 0 saturated heterocycles. The number of nitrogens with zero attached hydrogens (tertiary/aromatic N) is 2. The number of pyridine rings is 1. The van der Waals surface area contributed by atoms with Gasteiger partial charge in [0.1, 0.15) is 0 Å². The lowest BCUT2D eigenvalue weighted by Crippen LogP contribution is -2.44. The van der Waals surface area contributed by atoms with Crippen LogP contribution < -0.4 is 0 Å². The molecule has 1 rings (SSSR count). The van der Waals surface area contributed by atoms with E-state index in [9.17, 15) is 15.0 Å². The van der Waals surface area contributed by atoms with Crippen molar-refractivity contribution in [3.05, 3.63) is 30.1 Å². The van der Waals surface area contributed by atoms with Crippen LogP contribution in [-0.4, -0.2) is 38.8 Å². The second kappa shape index (κ2) is 6.20. The van der Waals surface area contributed by atoms with E-state index in [1.807, 2.05) is 13.8 Å². The molecule has 94 valence electrons. The molecule has 0 radical (unpaired) electrons. The molecule has 0 aromatic carbocycles. The average Bonchev–Trinajstić information content (AvgIpc) is 2.29. The summed E-state index contributed by atoms with van der Waals surface area (Å²) in [5, 5.41) is 18.5. The molecule has 5 heteroatoms. The van der Waals surface area contributed by atoms with Crippen LogP contribution in [0.1, 0.15) is 19.4 Å². The quantitative estimate of drug-likeness (QED) is 0.816. The fourth-order valence-electron chi connectivity index (χ4n) is 1.68. The molecule has 0 fully saturated rings. The Hall–Kier alpha value is -1.62. The van der Waals surface area contributed by atoms with Crippen LogP contribution >= 0.6 is 0 Å². The molecule has 1 amide bonds. The van der Waals surface area contributed by atoms with Crippen LogP contribution in [0.5, 0.6) is 0 Å². The van der Waals surface area contributed by atoms with Crippen molar-refractivity contribution >= 4 is 6.09 Å². The summed E-state index contributed by atoms with van der Waals surface area (Å²) in [4.78, 5) is 16.4. The predicted octanol–water partition coefficient (Wildman–Crippen LogP) is 1.58. The number of aliphatic hydroxyl groups is 1. The Morgan fingerprint density at radius 1 is 1.41 bits per heavy atom. The number of aromatic nitrogens is 1. The maximum Gasteiger partial charge on any atom is 0.407 e. The highest BCUT2D eigenvalue weighted by molar-refractivity contribution is 5.65. The standard InChI is InChI=1S/C12H18N2O3/c1-9(2)11(8-15)14(12(16)17)7-10-3-5-13-6-4-10/h3-6,9,11,15H,7-8H2,1-2H3,(H,16,17)/t11-/m0/s1. The minimum Gasteiger partial charge on any atom is -0.465 e. The van der Waals surface area contributed by atoms with Gasteiger partial charge in [-0.2, -0.15) is 0 Å². The topological polar surface area (TPSA) is 73.7 Å². The zero-order valence-electron chi connectivity index (χ0n) is 10.1. The highest BCUT2D eigenvalue weighted by Crippen LogP contribution is 2.14. The summed E-state index contributed by atoms with van der Waals surface area (Å²) < 4.78 is 0. The third-order valence-electron chi connectivity index (χ3n) is 2.70.